The van der Waals surface area contributed by atoms with Crippen LogP contribution in [0.4, 0.5) is 18.9 Å². The van der Waals surface area contributed by atoms with Crippen molar-refractivity contribution in [3.63, 3.8) is 0 Å². The van der Waals surface area contributed by atoms with Crippen molar-refractivity contribution >= 4 is 21.6 Å². The third-order valence-corrected chi connectivity index (χ3v) is 3.40. The Morgan fingerprint density at radius 3 is 2.71 bits per heavy atom. The van der Waals surface area contributed by atoms with Crippen molar-refractivity contribution in [2.75, 3.05) is 5.32 Å². The van der Waals surface area contributed by atoms with Gasteiger partial charge < -0.3 is 9.88 Å². The molecule has 0 bridgehead atoms. The van der Waals surface area contributed by atoms with Crippen molar-refractivity contribution in [2.45, 2.75) is 32.6 Å². The molecular formula is C14H15BrF3N3. The zero-order chi connectivity index (χ0) is 15.5. The van der Waals surface area contributed by atoms with Crippen LogP contribution in [0.15, 0.2) is 35.1 Å². The van der Waals surface area contributed by atoms with Crippen LogP contribution in [0.25, 0.3) is 0 Å². The zero-order valence-electron chi connectivity index (χ0n) is 11.4. The average Bonchev–Trinajstić information content (AvgIpc) is 2.83. The Morgan fingerprint density at radius 2 is 2.05 bits per heavy atom. The van der Waals surface area contributed by atoms with Crippen molar-refractivity contribution in [1.82, 2.24) is 9.55 Å². The molecule has 1 N–H and O–H groups in total. The molecule has 0 aliphatic rings. The number of halogens is 4. The van der Waals surface area contributed by atoms with Gasteiger partial charge in [0, 0.05) is 29.1 Å². The summed E-state index contributed by atoms with van der Waals surface area (Å²) in [5.74, 6) is 0.797. The zero-order valence-corrected chi connectivity index (χ0v) is 13.0. The highest BCUT2D eigenvalue weighted by molar-refractivity contribution is 9.10. The van der Waals surface area contributed by atoms with E-state index in [1.165, 1.54) is 0 Å². The van der Waals surface area contributed by atoms with Crippen LogP contribution in [0.3, 0.4) is 0 Å². The third kappa shape index (κ3) is 4.23. The highest BCUT2D eigenvalue weighted by Gasteiger charge is 2.31. The lowest BCUT2D eigenvalue weighted by Gasteiger charge is -2.12. The standard InChI is InChI=1S/C14H15BrF3N3/c1-2-4-21-5-3-19-13(21)9-20-12-7-10(14(16,17)18)6-11(15)8-12/h3,5-8,20H,2,4,9H2,1H3. The first-order valence-corrected chi connectivity index (χ1v) is 7.31. The van der Waals surface area contributed by atoms with Crippen LogP contribution >= 0.6 is 15.9 Å². The summed E-state index contributed by atoms with van der Waals surface area (Å²) in [7, 11) is 0. The maximum absolute atomic E-state index is 12.8. The smallest absolute Gasteiger partial charge is 0.378 e. The number of hydrogen-bond acceptors (Lipinski definition) is 2. The van der Waals surface area contributed by atoms with Crippen LogP contribution in [0, 0.1) is 0 Å². The van der Waals surface area contributed by atoms with Gasteiger partial charge in [-0.1, -0.05) is 22.9 Å². The van der Waals surface area contributed by atoms with Gasteiger partial charge in [0.2, 0.25) is 0 Å². The molecule has 0 spiro atoms. The van der Waals surface area contributed by atoms with Crippen LogP contribution in [0.5, 0.6) is 0 Å². The van der Waals surface area contributed by atoms with E-state index in [2.05, 4.69) is 33.2 Å². The Labute approximate surface area is 129 Å². The fourth-order valence-electron chi connectivity index (χ4n) is 1.99. The van der Waals surface area contributed by atoms with Gasteiger partial charge in [0.1, 0.15) is 5.82 Å². The number of nitrogens with zero attached hydrogens (tertiary/aromatic N) is 2. The predicted molar refractivity (Wildman–Crippen MR) is 79.0 cm³/mol. The quantitative estimate of drug-likeness (QED) is 0.837. The lowest BCUT2D eigenvalue weighted by Crippen LogP contribution is -2.10. The van der Waals surface area contributed by atoms with Gasteiger partial charge in [-0.2, -0.15) is 13.2 Å². The van der Waals surface area contributed by atoms with Crippen molar-refractivity contribution in [1.29, 1.82) is 0 Å². The van der Waals surface area contributed by atoms with Gasteiger partial charge in [-0.25, -0.2) is 4.98 Å². The van der Waals surface area contributed by atoms with Crippen molar-refractivity contribution in [3.8, 4) is 0 Å². The number of benzene rings is 1. The summed E-state index contributed by atoms with van der Waals surface area (Å²) < 4.78 is 40.7. The van der Waals surface area contributed by atoms with Gasteiger partial charge in [0.25, 0.3) is 0 Å². The number of imidazole rings is 1. The Bertz CT molecular complexity index is 608. The van der Waals surface area contributed by atoms with Crippen LogP contribution < -0.4 is 5.32 Å². The topological polar surface area (TPSA) is 29.9 Å². The summed E-state index contributed by atoms with van der Waals surface area (Å²) >= 11 is 3.10. The summed E-state index contributed by atoms with van der Waals surface area (Å²) in [5, 5.41) is 2.99. The molecule has 0 aliphatic heterocycles. The number of anilines is 1. The second kappa shape index (κ2) is 6.51. The molecule has 0 saturated carbocycles. The highest BCUT2D eigenvalue weighted by atomic mass is 79.9. The second-order valence-corrected chi connectivity index (χ2v) is 5.53. The van der Waals surface area contributed by atoms with E-state index in [0.29, 0.717) is 16.7 Å². The van der Waals surface area contributed by atoms with E-state index in [1.54, 1.807) is 12.3 Å². The summed E-state index contributed by atoms with van der Waals surface area (Å²) in [6, 6.07) is 3.77. The van der Waals surface area contributed by atoms with Crippen LogP contribution in [-0.2, 0) is 19.3 Å². The molecule has 0 aliphatic carbocycles. The van der Waals surface area contributed by atoms with Crippen LogP contribution in [0.2, 0.25) is 0 Å². The van der Waals surface area contributed by atoms with E-state index in [0.717, 1.165) is 30.9 Å². The van der Waals surface area contributed by atoms with Crippen LogP contribution in [0.1, 0.15) is 24.7 Å². The first-order chi connectivity index (χ1) is 9.90. The molecule has 114 valence electrons. The molecule has 0 saturated heterocycles. The average molecular weight is 362 g/mol. The lowest BCUT2D eigenvalue weighted by atomic mass is 10.2. The Balaban J connectivity index is 2.13. The summed E-state index contributed by atoms with van der Waals surface area (Å²) in [5.41, 5.74) is -0.279. The molecule has 1 aromatic heterocycles. The maximum atomic E-state index is 12.8. The molecule has 0 amide bonds. The van der Waals surface area contributed by atoms with Crippen molar-refractivity contribution < 1.29 is 13.2 Å². The number of aryl methyl sites for hydroxylation is 1. The summed E-state index contributed by atoms with van der Waals surface area (Å²) in [6.45, 7) is 3.27. The van der Waals surface area contributed by atoms with Gasteiger partial charge in [-0.05, 0) is 24.6 Å². The molecule has 0 atom stereocenters. The SMILES string of the molecule is CCCn1ccnc1CNc1cc(Br)cc(C(F)(F)F)c1. The van der Waals surface area contributed by atoms with Crippen molar-refractivity contribution in [3.05, 3.63) is 46.5 Å². The van der Waals surface area contributed by atoms with Gasteiger partial charge in [0.15, 0.2) is 0 Å². The second-order valence-electron chi connectivity index (χ2n) is 4.62. The molecule has 0 radical (unpaired) electrons. The predicted octanol–water partition coefficient (Wildman–Crippen LogP) is 4.69. The van der Waals surface area contributed by atoms with E-state index >= 15 is 0 Å². The first kappa shape index (κ1) is 15.9. The third-order valence-electron chi connectivity index (χ3n) is 2.94. The largest absolute Gasteiger partial charge is 0.416 e. The van der Waals surface area contributed by atoms with Gasteiger partial charge in [-0.3, -0.25) is 0 Å². The fourth-order valence-corrected chi connectivity index (χ4v) is 2.48. The van der Waals surface area contributed by atoms with E-state index in [1.807, 2.05) is 10.8 Å². The summed E-state index contributed by atoms with van der Waals surface area (Å²) in [4.78, 5) is 4.21. The van der Waals surface area contributed by atoms with Gasteiger partial charge in [0.05, 0.1) is 12.1 Å². The molecule has 1 aromatic carbocycles. The molecule has 2 rings (SSSR count). The molecular weight excluding hydrogens is 347 g/mol. The van der Waals surface area contributed by atoms with E-state index in [-0.39, 0.29) is 0 Å². The number of aromatic nitrogens is 2. The normalized spacial score (nSPS) is 11.7. The summed E-state index contributed by atoms with van der Waals surface area (Å²) in [6.07, 6.45) is 0.163. The number of hydrogen-bond donors (Lipinski definition) is 1. The Hall–Kier alpha value is -1.50. The molecule has 3 nitrogen and oxygen atoms in total. The molecule has 7 heteroatoms. The maximum Gasteiger partial charge on any atom is 0.416 e. The van der Waals surface area contributed by atoms with Gasteiger partial charge >= 0.3 is 6.18 Å². The minimum atomic E-state index is -4.36. The monoisotopic (exact) mass is 361 g/mol. The minimum absolute atomic E-state index is 0.376. The number of alkyl halides is 3. The molecule has 0 unspecified atom stereocenters. The Kier molecular flexibility index (Phi) is 4.92. The number of rotatable bonds is 5. The number of nitrogens with one attached hydrogen (secondary N) is 1. The first-order valence-electron chi connectivity index (χ1n) is 6.52. The Morgan fingerprint density at radius 1 is 1.29 bits per heavy atom. The van der Waals surface area contributed by atoms with Crippen LogP contribution in [-0.4, -0.2) is 9.55 Å². The van der Waals surface area contributed by atoms with E-state index in [4.69, 9.17) is 0 Å². The fraction of sp³-hybridized carbons (Fsp3) is 0.357. The van der Waals surface area contributed by atoms with E-state index in [9.17, 15) is 13.2 Å². The lowest BCUT2D eigenvalue weighted by molar-refractivity contribution is -0.137. The minimum Gasteiger partial charge on any atom is -0.378 e. The van der Waals surface area contributed by atoms with Gasteiger partial charge in [-0.15, -0.1) is 0 Å². The van der Waals surface area contributed by atoms with E-state index < -0.39 is 11.7 Å². The molecule has 1 heterocycles. The van der Waals surface area contributed by atoms with Crippen molar-refractivity contribution in [2.24, 2.45) is 0 Å². The molecule has 2 aromatic rings. The molecule has 0 fully saturated rings. The highest BCUT2D eigenvalue weighted by Crippen LogP contribution is 2.33. The molecule has 21 heavy (non-hydrogen) atoms.